The van der Waals surface area contributed by atoms with E-state index in [1.165, 1.54) is 72.7 Å². The molecule has 0 aliphatic carbocycles. The first-order valence-electron chi connectivity index (χ1n) is 21.9. The summed E-state index contributed by atoms with van der Waals surface area (Å²) < 4.78 is 26.4. The summed E-state index contributed by atoms with van der Waals surface area (Å²) in [7, 11) is 0. The van der Waals surface area contributed by atoms with Crippen molar-refractivity contribution >= 4 is 34.4 Å². The van der Waals surface area contributed by atoms with Crippen LogP contribution in [0.15, 0.2) is 60.7 Å². The summed E-state index contributed by atoms with van der Waals surface area (Å²) in [6, 6.07) is 22.0. The Bertz CT molecular complexity index is 1830. The number of anilines is 4. The summed E-state index contributed by atoms with van der Waals surface area (Å²) in [6.07, 6.45) is 4.75. The average molecular weight is 833 g/mol. The van der Waals surface area contributed by atoms with E-state index in [0.29, 0.717) is 5.69 Å². The molecule has 4 rings (SSSR count). The van der Waals surface area contributed by atoms with E-state index in [1.54, 1.807) is 0 Å². The SMILES string of the molecule is CCCCN(CCCC)c1ccc(C)cc1C#N.CCN(CC)c1cc(C)c(C)cc1C.CCN(CC)c1cc(F)c(C)c(F)c1.CCN(CC)c1ccc(C)cc1Cl. The van der Waals surface area contributed by atoms with Gasteiger partial charge in [-0.2, -0.15) is 5.26 Å². The van der Waals surface area contributed by atoms with E-state index in [9.17, 15) is 14.0 Å². The Hall–Kier alpha value is -4.28. The summed E-state index contributed by atoms with van der Waals surface area (Å²) in [6.45, 7) is 36.9. The van der Waals surface area contributed by atoms with E-state index < -0.39 is 11.6 Å². The maximum atomic E-state index is 13.2. The number of halogens is 3. The van der Waals surface area contributed by atoms with Crippen molar-refractivity contribution in [3.63, 3.8) is 0 Å². The van der Waals surface area contributed by atoms with Crippen LogP contribution in [0.4, 0.5) is 31.5 Å². The van der Waals surface area contributed by atoms with Gasteiger partial charge in [-0.05, 0) is 166 Å². The molecule has 0 fully saturated rings. The first kappa shape index (κ1) is 52.7. The van der Waals surface area contributed by atoms with Crippen LogP contribution >= 0.6 is 11.6 Å². The van der Waals surface area contributed by atoms with Crippen molar-refractivity contribution in [2.24, 2.45) is 0 Å². The van der Waals surface area contributed by atoms with Gasteiger partial charge in [-0.1, -0.05) is 56.5 Å². The maximum absolute atomic E-state index is 13.2. The average Bonchev–Trinajstić information content (AvgIpc) is 3.22. The van der Waals surface area contributed by atoms with Crippen LogP contribution in [0.3, 0.4) is 0 Å². The third kappa shape index (κ3) is 17.1. The van der Waals surface area contributed by atoms with Crippen LogP contribution in [0.1, 0.15) is 120 Å². The Balaban J connectivity index is 0.000000396. The van der Waals surface area contributed by atoms with Gasteiger partial charge >= 0.3 is 0 Å². The highest BCUT2D eigenvalue weighted by molar-refractivity contribution is 6.33. The molecule has 0 aliphatic heterocycles. The van der Waals surface area contributed by atoms with E-state index in [1.807, 2.05) is 37.8 Å². The lowest BCUT2D eigenvalue weighted by Gasteiger charge is -2.25. The fourth-order valence-corrected chi connectivity index (χ4v) is 7.11. The molecule has 0 aromatic heterocycles. The van der Waals surface area contributed by atoms with E-state index >= 15 is 0 Å². The van der Waals surface area contributed by atoms with Gasteiger partial charge in [-0.3, -0.25) is 0 Å². The van der Waals surface area contributed by atoms with Crippen LogP contribution in [-0.2, 0) is 0 Å². The fourth-order valence-electron chi connectivity index (χ4n) is 6.75. The van der Waals surface area contributed by atoms with Crippen LogP contribution in [-0.4, -0.2) is 52.4 Å². The predicted octanol–water partition coefficient (Wildman–Crippen LogP) is 14.3. The van der Waals surface area contributed by atoms with E-state index in [0.717, 1.165) is 79.9 Å². The summed E-state index contributed by atoms with van der Waals surface area (Å²) in [5, 5.41) is 10.1. The van der Waals surface area contributed by atoms with Gasteiger partial charge in [0.25, 0.3) is 0 Å². The first-order chi connectivity index (χ1) is 28.1. The quantitative estimate of drug-likeness (QED) is 0.112. The minimum Gasteiger partial charge on any atom is -0.372 e. The Morgan fingerprint density at radius 3 is 1.39 bits per heavy atom. The van der Waals surface area contributed by atoms with E-state index in [2.05, 4.69) is 126 Å². The van der Waals surface area contributed by atoms with Crippen molar-refractivity contribution < 1.29 is 8.78 Å². The van der Waals surface area contributed by atoms with Crippen molar-refractivity contribution in [3.8, 4) is 6.07 Å². The van der Waals surface area contributed by atoms with Crippen molar-refractivity contribution in [2.45, 2.75) is 123 Å². The largest absolute Gasteiger partial charge is 0.372 e. The maximum Gasteiger partial charge on any atom is 0.131 e. The van der Waals surface area contributed by atoms with Crippen LogP contribution < -0.4 is 19.6 Å². The molecule has 4 aromatic carbocycles. The zero-order chi connectivity index (χ0) is 44.7. The normalized spacial score (nSPS) is 10.2. The smallest absolute Gasteiger partial charge is 0.131 e. The third-order valence-corrected chi connectivity index (χ3v) is 11.0. The predicted molar refractivity (Wildman–Crippen MR) is 257 cm³/mol. The third-order valence-electron chi connectivity index (χ3n) is 10.7. The molecule has 0 bridgehead atoms. The molecule has 4 aromatic rings. The molecule has 0 spiro atoms. The highest BCUT2D eigenvalue weighted by atomic mass is 35.5. The molecule has 0 radical (unpaired) electrons. The zero-order valence-corrected chi connectivity index (χ0v) is 39.9. The monoisotopic (exact) mass is 832 g/mol. The number of aryl methyl sites for hydroxylation is 5. The number of unbranched alkanes of at least 4 members (excludes halogenated alkanes) is 2. The van der Waals surface area contributed by atoms with Gasteiger partial charge in [0.15, 0.2) is 0 Å². The molecule has 0 atom stereocenters. The second-order valence-corrected chi connectivity index (χ2v) is 15.5. The number of hydrogen-bond acceptors (Lipinski definition) is 5. The molecule has 326 valence electrons. The number of hydrogen-bond donors (Lipinski definition) is 0. The van der Waals surface area contributed by atoms with Crippen molar-refractivity contribution in [1.82, 2.24) is 0 Å². The molecule has 0 saturated carbocycles. The molecule has 8 heteroatoms. The molecule has 0 unspecified atom stereocenters. The first-order valence-corrected chi connectivity index (χ1v) is 22.3. The molecule has 0 heterocycles. The summed E-state index contributed by atoms with van der Waals surface area (Å²) in [4.78, 5) is 8.93. The van der Waals surface area contributed by atoms with Crippen molar-refractivity contribution in [2.75, 3.05) is 72.0 Å². The van der Waals surface area contributed by atoms with Crippen LogP contribution in [0, 0.1) is 64.5 Å². The molecule has 0 N–H and O–H groups in total. The lowest BCUT2D eigenvalue weighted by molar-refractivity contribution is 0.567. The van der Waals surface area contributed by atoms with E-state index in [4.69, 9.17) is 11.6 Å². The fraction of sp³-hybridized carbons (Fsp3) is 0.510. The standard InChI is InChI=1S/C16H24N2.C13H21N.C11H16ClN.C11H15F2N/c1-4-6-10-18(11-7-5-2)16-9-8-14(3)12-15(16)13-17;1-6-14(7-2)13-9-11(4)10(3)8-12(13)5;1-4-13(5-2)11-7-6-9(3)8-10(11)12;1-4-14(5-2)9-6-10(12)8(3)11(13)7-9/h8-9,12H,4-7,10-11H2,1-3H3;8-9H,6-7H2,1-5H3;6-8H,4-5H2,1-3H3;6-7H,4-5H2,1-3H3. The number of nitriles is 1. The van der Waals surface area contributed by atoms with Crippen LogP contribution in [0.2, 0.25) is 5.02 Å². The second-order valence-electron chi connectivity index (χ2n) is 15.1. The molecule has 0 saturated heterocycles. The highest BCUT2D eigenvalue weighted by Crippen LogP contribution is 2.27. The summed E-state index contributed by atoms with van der Waals surface area (Å²) >= 11 is 6.14. The highest BCUT2D eigenvalue weighted by Gasteiger charge is 2.12. The van der Waals surface area contributed by atoms with Gasteiger partial charge in [0.05, 0.1) is 22.0 Å². The topological polar surface area (TPSA) is 36.8 Å². The van der Waals surface area contributed by atoms with Gasteiger partial charge in [-0.25, -0.2) is 8.78 Å². The minimum atomic E-state index is -0.480. The van der Waals surface area contributed by atoms with Gasteiger partial charge < -0.3 is 19.6 Å². The molecule has 59 heavy (non-hydrogen) atoms. The minimum absolute atomic E-state index is 0.0842. The molecular weight excluding hydrogens is 756 g/mol. The Labute approximate surface area is 364 Å². The summed E-state index contributed by atoms with van der Waals surface area (Å²) in [5.41, 5.74) is 11.6. The van der Waals surface area contributed by atoms with Crippen molar-refractivity contribution in [3.05, 3.63) is 116 Å². The zero-order valence-electron chi connectivity index (χ0n) is 39.1. The number of nitrogens with zero attached hydrogens (tertiary/aromatic N) is 5. The van der Waals surface area contributed by atoms with Gasteiger partial charge in [0.1, 0.15) is 17.7 Å². The Morgan fingerprint density at radius 1 is 0.508 bits per heavy atom. The second kappa shape index (κ2) is 28.2. The van der Waals surface area contributed by atoms with Gasteiger partial charge in [0.2, 0.25) is 0 Å². The van der Waals surface area contributed by atoms with Crippen LogP contribution in [0.5, 0.6) is 0 Å². The van der Waals surface area contributed by atoms with E-state index in [-0.39, 0.29) is 5.56 Å². The Kier molecular flexibility index (Phi) is 25.2. The molecule has 5 nitrogen and oxygen atoms in total. The van der Waals surface area contributed by atoms with Crippen LogP contribution in [0.25, 0.3) is 0 Å². The molecular formula is C51H76ClF2N5. The number of rotatable bonds is 16. The molecule has 0 aliphatic rings. The van der Waals surface area contributed by atoms with Gasteiger partial charge in [-0.15, -0.1) is 0 Å². The lowest BCUT2D eigenvalue weighted by Crippen LogP contribution is -2.26. The molecule has 0 amide bonds. The Morgan fingerprint density at radius 2 is 0.949 bits per heavy atom. The summed E-state index contributed by atoms with van der Waals surface area (Å²) in [5.74, 6) is -0.959. The lowest BCUT2D eigenvalue weighted by atomic mass is 10.0. The number of benzene rings is 4. The van der Waals surface area contributed by atoms with Gasteiger partial charge in [0, 0.05) is 69.3 Å². The van der Waals surface area contributed by atoms with Crippen molar-refractivity contribution in [1.29, 1.82) is 5.26 Å².